The molecule has 2 atom stereocenters. The van der Waals surface area contributed by atoms with E-state index in [0.717, 1.165) is 18.5 Å². The Morgan fingerprint density at radius 2 is 1.95 bits per heavy atom. The maximum Gasteiger partial charge on any atom is 0.321 e. The van der Waals surface area contributed by atoms with Crippen molar-refractivity contribution in [3.05, 3.63) is 29.8 Å². The number of likely N-dealkylation sites (tertiary alicyclic amines) is 1. The third-order valence-electron chi connectivity index (χ3n) is 3.96. The van der Waals surface area contributed by atoms with Crippen molar-refractivity contribution in [2.75, 3.05) is 18.4 Å². The van der Waals surface area contributed by atoms with E-state index in [2.05, 4.69) is 12.2 Å². The van der Waals surface area contributed by atoms with Crippen molar-refractivity contribution in [2.45, 2.75) is 26.7 Å². The van der Waals surface area contributed by atoms with Gasteiger partial charge >= 0.3 is 12.0 Å². The highest BCUT2D eigenvalue weighted by Gasteiger charge is 2.36. The molecule has 21 heavy (non-hydrogen) atoms. The van der Waals surface area contributed by atoms with Gasteiger partial charge in [-0.25, -0.2) is 4.79 Å². The van der Waals surface area contributed by atoms with Crippen molar-refractivity contribution in [1.29, 1.82) is 0 Å². The number of carbonyl (C=O) groups excluding carboxylic acids is 1. The predicted octanol–water partition coefficient (Wildman–Crippen LogP) is 2.82. The first kappa shape index (κ1) is 15.4. The van der Waals surface area contributed by atoms with Crippen LogP contribution in [0.4, 0.5) is 10.5 Å². The number of anilines is 1. The second-order valence-electron chi connectivity index (χ2n) is 5.70. The summed E-state index contributed by atoms with van der Waals surface area (Å²) in [5.74, 6) is -1.32. The van der Waals surface area contributed by atoms with Gasteiger partial charge in [-0.05, 0) is 30.0 Å². The van der Waals surface area contributed by atoms with Crippen LogP contribution >= 0.6 is 0 Å². The van der Waals surface area contributed by atoms with Gasteiger partial charge in [-0.3, -0.25) is 4.79 Å². The highest BCUT2D eigenvalue weighted by Crippen LogP contribution is 2.24. The maximum absolute atomic E-state index is 12.2. The van der Waals surface area contributed by atoms with E-state index in [4.69, 9.17) is 5.11 Å². The number of benzene rings is 1. The SMILES string of the molecule is CCCc1ccc(NC(=O)N2C[C@@H](C)[C@H](C(=O)O)C2)cc1. The fraction of sp³-hybridized carbons (Fsp3) is 0.500. The Morgan fingerprint density at radius 1 is 1.29 bits per heavy atom. The molecule has 0 unspecified atom stereocenters. The highest BCUT2D eigenvalue weighted by atomic mass is 16.4. The number of urea groups is 1. The standard InChI is InChI=1S/C16H22N2O3/c1-3-4-12-5-7-13(8-6-12)17-16(21)18-9-11(2)14(10-18)15(19)20/h5-8,11,14H,3-4,9-10H2,1-2H3,(H,17,21)(H,19,20)/t11-,14-/m1/s1. The summed E-state index contributed by atoms with van der Waals surface area (Å²) in [7, 11) is 0. The number of amides is 2. The van der Waals surface area contributed by atoms with Gasteiger partial charge in [-0.1, -0.05) is 32.4 Å². The molecule has 0 radical (unpaired) electrons. The number of aryl methyl sites for hydroxylation is 1. The van der Waals surface area contributed by atoms with Gasteiger partial charge in [0.25, 0.3) is 0 Å². The van der Waals surface area contributed by atoms with Crippen LogP contribution < -0.4 is 5.32 Å². The molecule has 2 amide bonds. The summed E-state index contributed by atoms with van der Waals surface area (Å²) >= 11 is 0. The molecule has 1 saturated heterocycles. The molecular weight excluding hydrogens is 268 g/mol. The van der Waals surface area contributed by atoms with Crippen LogP contribution in [-0.4, -0.2) is 35.1 Å². The van der Waals surface area contributed by atoms with Crippen molar-refractivity contribution >= 4 is 17.7 Å². The summed E-state index contributed by atoms with van der Waals surface area (Å²) in [4.78, 5) is 24.8. The topological polar surface area (TPSA) is 69.6 Å². The van der Waals surface area contributed by atoms with Crippen LogP contribution in [0.25, 0.3) is 0 Å². The zero-order valence-corrected chi connectivity index (χ0v) is 12.5. The van der Waals surface area contributed by atoms with E-state index in [1.54, 1.807) is 4.90 Å². The summed E-state index contributed by atoms with van der Waals surface area (Å²) in [6.45, 7) is 4.75. The van der Waals surface area contributed by atoms with Gasteiger partial charge in [0.05, 0.1) is 5.92 Å². The van der Waals surface area contributed by atoms with Gasteiger partial charge in [-0.2, -0.15) is 0 Å². The fourth-order valence-corrected chi connectivity index (χ4v) is 2.70. The molecule has 1 aliphatic heterocycles. The molecule has 1 aliphatic rings. The minimum absolute atomic E-state index is 0.0137. The predicted molar refractivity (Wildman–Crippen MR) is 81.3 cm³/mol. The minimum atomic E-state index is -0.832. The van der Waals surface area contributed by atoms with Gasteiger partial charge in [-0.15, -0.1) is 0 Å². The van der Waals surface area contributed by atoms with Crippen molar-refractivity contribution in [2.24, 2.45) is 11.8 Å². The monoisotopic (exact) mass is 290 g/mol. The average molecular weight is 290 g/mol. The van der Waals surface area contributed by atoms with Gasteiger partial charge < -0.3 is 15.3 Å². The van der Waals surface area contributed by atoms with E-state index >= 15 is 0 Å². The minimum Gasteiger partial charge on any atom is -0.481 e. The zero-order valence-electron chi connectivity index (χ0n) is 12.5. The Morgan fingerprint density at radius 3 is 2.48 bits per heavy atom. The van der Waals surface area contributed by atoms with Gasteiger partial charge in [0.1, 0.15) is 0 Å². The lowest BCUT2D eigenvalue weighted by molar-refractivity contribution is -0.142. The lowest BCUT2D eigenvalue weighted by atomic mass is 9.99. The average Bonchev–Trinajstić information content (AvgIpc) is 2.84. The number of nitrogens with one attached hydrogen (secondary N) is 1. The summed E-state index contributed by atoms with van der Waals surface area (Å²) in [5.41, 5.74) is 1.99. The number of aliphatic carboxylic acids is 1. The molecule has 1 aromatic rings. The molecule has 1 aromatic carbocycles. The molecule has 0 saturated carbocycles. The molecular formula is C16H22N2O3. The molecule has 2 rings (SSSR count). The van der Waals surface area contributed by atoms with E-state index in [9.17, 15) is 9.59 Å². The Bertz CT molecular complexity index is 513. The van der Waals surface area contributed by atoms with Crippen molar-refractivity contribution in [3.63, 3.8) is 0 Å². The summed E-state index contributed by atoms with van der Waals surface area (Å²) in [6.07, 6.45) is 2.12. The lowest BCUT2D eigenvalue weighted by Crippen LogP contribution is -2.33. The number of carboxylic acid groups (broad SMARTS) is 1. The quantitative estimate of drug-likeness (QED) is 0.896. The molecule has 5 heteroatoms. The second kappa shape index (κ2) is 6.61. The second-order valence-corrected chi connectivity index (χ2v) is 5.70. The van der Waals surface area contributed by atoms with Crippen LogP contribution in [0.5, 0.6) is 0 Å². The van der Waals surface area contributed by atoms with Crippen molar-refractivity contribution in [1.82, 2.24) is 4.90 Å². The maximum atomic E-state index is 12.2. The highest BCUT2D eigenvalue weighted by molar-refractivity contribution is 5.90. The van der Waals surface area contributed by atoms with Crippen LogP contribution in [0.1, 0.15) is 25.8 Å². The molecule has 0 bridgehead atoms. The van der Waals surface area contributed by atoms with Crippen molar-refractivity contribution < 1.29 is 14.7 Å². The van der Waals surface area contributed by atoms with Gasteiger partial charge in [0.15, 0.2) is 0 Å². The third-order valence-corrected chi connectivity index (χ3v) is 3.96. The van der Waals surface area contributed by atoms with E-state index in [0.29, 0.717) is 6.54 Å². The fourth-order valence-electron chi connectivity index (χ4n) is 2.70. The molecule has 1 fully saturated rings. The largest absolute Gasteiger partial charge is 0.481 e. The Kier molecular flexibility index (Phi) is 4.83. The summed E-state index contributed by atoms with van der Waals surface area (Å²) < 4.78 is 0. The van der Waals surface area contributed by atoms with E-state index in [1.165, 1.54) is 5.56 Å². The Hall–Kier alpha value is -2.04. The van der Waals surface area contributed by atoms with Crippen LogP contribution in [-0.2, 0) is 11.2 Å². The van der Waals surface area contributed by atoms with E-state index in [1.807, 2.05) is 31.2 Å². The van der Waals surface area contributed by atoms with Crippen LogP contribution in [0.3, 0.4) is 0 Å². The van der Waals surface area contributed by atoms with E-state index in [-0.39, 0.29) is 18.5 Å². The first-order chi connectivity index (χ1) is 10.0. The first-order valence-electron chi connectivity index (χ1n) is 7.39. The number of rotatable bonds is 4. The van der Waals surface area contributed by atoms with Gasteiger partial charge in [0, 0.05) is 18.8 Å². The summed E-state index contributed by atoms with van der Waals surface area (Å²) in [5, 5.41) is 11.9. The first-order valence-corrected chi connectivity index (χ1v) is 7.39. The zero-order chi connectivity index (χ0) is 15.4. The number of hydrogen-bond donors (Lipinski definition) is 2. The number of carboxylic acids is 1. The summed E-state index contributed by atoms with van der Waals surface area (Å²) in [6, 6.07) is 7.56. The molecule has 0 spiro atoms. The molecule has 5 nitrogen and oxygen atoms in total. The lowest BCUT2D eigenvalue weighted by Gasteiger charge is -2.17. The normalized spacial score (nSPS) is 21.3. The number of hydrogen-bond acceptors (Lipinski definition) is 2. The molecule has 0 aromatic heterocycles. The smallest absolute Gasteiger partial charge is 0.321 e. The molecule has 1 heterocycles. The van der Waals surface area contributed by atoms with E-state index < -0.39 is 11.9 Å². The van der Waals surface area contributed by atoms with Gasteiger partial charge in [0.2, 0.25) is 0 Å². The number of carbonyl (C=O) groups is 2. The number of nitrogens with zero attached hydrogens (tertiary/aromatic N) is 1. The van der Waals surface area contributed by atoms with Crippen molar-refractivity contribution in [3.8, 4) is 0 Å². The Labute approximate surface area is 125 Å². The van der Waals surface area contributed by atoms with Crippen LogP contribution in [0.2, 0.25) is 0 Å². The molecule has 114 valence electrons. The third kappa shape index (κ3) is 3.74. The molecule has 0 aliphatic carbocycles. The van der Waals surface area contributed by atoms with Crippen LogP contribution in [0, 0.1) is 11.8 Å². The Balaban J connectivity index is 1.94. The molecule has 2 N–H and O–H groups in total. The van der Waals surface area contributed by atoms with Crippen LogP contribution in [0.15, 0.2) is 24.3 Å².